The third kappa shape index (κ3) is 6.81. The van der Waals surface area contributed by atoms with Gasteiger partial charge in [-0.25, -0.2) is 0 Å². The minimum absolute atomic E-state index is 0.0718. The van der Waals surface area contributed by atoms with Gasteiger partial charge in [-0.1, -0.05) is 73.0 Å². The predicted molar refractivity (Wildman–Crippen MR) is 98.6 cm³/mol. The van der Waals surface area contributed by atoms with Crippen LogP contribution in [0.2, 0.25) is 0 Å². The second-order valence-electron chi connectivity index (χ2n) is 5.20. The third-order valence-electron chi connectivity index (χ3n) is 3.09. The van der Waals surface area contributed by atoms with Crippen LogP contribution in [0.4, 0.5) is 0 Å². The van der Waals surface area contributed by atoms with Crippen LogP contribution in [0.1, 0.15) is 30.9 Å². The molecule has 0 aliphatic heterocycles. The first-order valence-electron chi connectivity index (χ1n) is 7.55. The first kappa shape index (κ1) is 18.7. The zero-order chi connectivity index (χ0) is 16.5. The monoisotopic (exact) mass is 370 g/mol. The Hall–Kier alpha value is -0.600. The molecule has 0 fully saturated rings. The van der Waals surface area contributed by atoms with Gasteiger partial charge in [-0.3, -0.25) is 0 Å². The van der Waals surface area contributed by atoms with Crippen LogP contribution in [0, 0.1) is 0 Å². The van der Waals surface area contributed by atoms with Crippen molar-refractivity contribution >= 4 is 34.9 Å². The molecule has 1 aromatic carbocycles. The number of nitrogens with zero attached hydrogens (tertiary/aromatic N) is 2. The standard InChI is InChI=1S/C16H22N2O2S3/c1-12(2)14-5-3-13(4-6-14)11-22-16-18-17-15(23-16)21-10-9-20-8-7-19/h3-6,12,19H,7-11H2,1-2H3. The fourth-order valence-corrected chi connectivity index (χ4v) is 4.71. The summed E-state index contributed by atoms with van der Waals surface area (Å²) in [6.45, 7) is 5.50. The highest BCUT2D eigenvalue weighted by Gasteiger charge is 2.06. The third-order valence-corrected chi connectivity index (χ3v) is 6.31. The van der Waals surface area contributed by atoms with Crippen molar-refractivity contribution < 1.29 is 9.84 Å². The molecule has 0 aliphatic rings. The average Bonchev–Trinajstić information content (AvgIpc) is 3.01. The Labute approximate surface area is 150 Å². The molecular formula is C16H22N2O2S3. The summed E-state index contributed by atoms with van der Waals surface area (Å²) in [6, 6.07) is 8.79. The lowest BCUT2D eigenvalue weighted by Gasteiger charge is -2.05. The molecule has 0 spiro atoms. The number of thioether (sulfide) groups is 2. The summed E-state index contributed by atoms with van der Waals surface area (Å²) in [6.07, 6.45) is 0. The van der Waals surface area contributed by atoms with Crippen LogP contribution < -0.4 is 0 Å². The maximum absolute atomic E-state index is 8.63. The van der Waals surface area contributed by atoms with Gasteiger partial charge in [0.1, 0.15) is 0 Å². The van der Waals surface area contributed by atoms with Crippen molar-refractivity contribution in [2.75, 3.05) is 25.6 Å². The van der Waals surface area contributed by atoms with Gasteiger partial charge in [0.2, 0.25) is 0 Å². The number of hydrogen-bond donors (Lipinski definition) is 1. The molecule has 0 bridgehead atoms. The molecule has 0 radical (unpaired) electrons. The van der Waals surface area contributed by atoms with E-state index in [0.717, 1.165) is 20.2 Å². The first-order chi connectivity index (χ1) is 11.2. The molecule has 0 aliphatic carbocycles. The lowest BCUT2D eigenvalue weighted by molar-refractivity contribution is 0.103. The summed E-state index contributed by atoms with van der Waals surface area (Å²) < 4.78 is 7.19. The predicted octanol–water partition coefficient (Wildman–Crippen LogP) is 4.05. The van der Waals surface area contributed by atoms with Gasteiger partial charge < -0.3 is 9.84 Å². The van der Waals surface area contributed by atoms with E-state index >= 15 is 0 Å². The zero-order valence-corrected chi connectivity index (χ0v) is 15.8. The molecule has 0 saturated carbocycles. The quantitative estimate of drug-likeness (QED) is 0.503. The Kier molecular flexibility index (Phi) is 8.39. The summed E-state index contributed by atoms with van der Waals surface area (Å²) in [7, 11) is 0. The summed E-state index contributed by atoms with van der Waals surface area (Å²) in [5.74, 6) is 2.31. The van der Waals surface area contributed by atoms with E-state index in [-0.39, 0.29) is 6.61 Å². The Bertz CT molecular complexity index is 573. The minimum Gasteiger partial charge on any atom is -0.394 e. The van der Waals surface area contributed by atoms with Gasteiger partial charge in [0.05, 0.1) is 19.8 Å². The fourth-order valence-electron chi connectivity index (χ4n) is 1.81. The van der Waals surface area contributed by atoms with E-state index in [1.807, 2.05) is 0 Å². The molecule has 1 aromatic heterocycles. The molecule has 23 heavy (non-hydrogen) atoms. The van der Waals surface area contributed by atoms with Gasteiger partial charge in [-0.2, -0.15) is 0 Å². The van der Waals surface area contributed by atoms with Crippen LogP contribution in [-0.4, -0.2) is 40.9 Å². The van der Waals surface area contributed by atoms with Gasteiger partial charge in [0.25, 0.3) is 0 Å². The number of benzene rings is 1. The maximum Gasteiger partial charge on any atom is 0.175 e. The fraction of sp³-hybridized carbons (Fsp3) is 0.500. The van der Waals surface area contributed by atoms with Crippen LogP contribution in [0.3, 0.4) is 0 Å². The van der Waals surface area contributed by atoms with Crippen LogP contribution in [0.5, 0.6) is 0 Å². The van der Waals surface area contributed by atoms with Gasteiger partial charge in [-0.15, -0.1) is 10.2 Å². The Morgan fingerprint density at radius 3 is 2.43 bits per heavy atom. The highest BCUT2D eigenvalue weighted by molar-refractivity contribution is 8.02. The summed E-state index contributed by atoms with van der Waals surface area (Å²) in [5.41, 5.74) is 2.68. The number of aliphatic hydroxyl groups excluding tert-OH is 1. The zero-order valence-electron chi connectivity index (χ0n) is 13.4. The van der Waals surface area contributed by atoms with E-state index in [1.54, 1.807) is 34.9 Å². The molecule has 1 heterocycles. The van der Waals surface area contributed by atoms with Crippen LogP contribution in [-0.2, 0) is 10.5 Å². The minimum atomic E-state index is 0.0718. The smallest absolute Gasteiger partial charge is 0.175 e. The Morgan fingerprint density at radius 1 is 1.09 bits per heavy atom. The summed E-state index contributed by atoms with van der Waals surface area (Å²) >= 11 is 4.99. The molecule has 0 atom stereocenters. The van der Waals surface area contributed by atoms with Crippen molar-refractivity contribution in [3.8, 4) is 0 Å². The second kappa shape index (κ2) is 10.3. The number of rotatable bonds is 10. The molecule has 0 unspecified atom stereocenters. The van der Waals surface area contributed by atoms with E-state index in [0.29, 0.717) is 19.1 Å². The van der Waals surface area contributed by atoms with E-state index in [2.05, 4.69) is 48.3 Å². The lowest BCUT2D eigenvalue weighted by atomic mass is 10.0. The summed E-state index contributed by atoms with van der Waals surface area (Å²) in [4.78, 5) is 0. The van der Waals surface area contributed by atoms with E-state index < -0.39 is 0 Å². The van der Waals surface area contributed by atoms with Gasteiger partial charge in [-0.05, 0) is 17.0 Å². The molecule has 0 saturated heterocycles. The number of aromatic nitrogens is 2. The first-order valence-corrected chi connectivity index (χ1v) is 10.3. The number of ether oxygens (including phenoxy) is 1. The number of aliphatic hydroxyl groups is 1. The molecule has 126 valence electrons. The van der Waals surface area contributed by atoms with Crippen molar-refractivity contribution in [1.82, 2.24) is 10.2 Å². The highest BCUT2D eigenvalue weighted by Crippen LogP contribution is 2.30. The molecule has 0 amide bonds. The Balaban J connectivity index is 1.73. The molecule has 7 heteroatoms. The van der Waals surface area contributed by atoms with Crippen LogP contribution >= 0.6 is 34.9 Å². The molecule has 4 nitrogen and oxygen atoms in total. The Morgan fingerprint density at radius 2 is 1.78 bits per heavy atom. The van der Waals surface area contributed by atoms with Crippen molar-refractivity contribution in [2.24, 2.45) is 0 Å². The van der Waals surface area contributed by atoms with E-state index in [4.69, 9.17) is 9.84 Å². The van der Waals surface area contributed by atoms with Gasteiger partial charge >= 0.3 is 0 Å². The van der Waals surface area contributed by atoms with Gasteiger partial charge in [0, 0.05) is 11.5 Å². The normalized spacial score (nSPS) is 11.3. The number of hydrogen-bond acceptors (Lipinski definition) is 7. The highest BCUT2D eigenvalue weighted by atomic mass is 32.2. The maximum atomic E-state index is 8.63. The lowest BCUT2D eigenvalue weighted by Crippen LogP contribution is -2.02. The van der Waals surface area contributed by atoms with Gasteiger partial charge in [0.15, 0.2) is 8.68 Å². The van der Waals surface area contributed by atoms with E-state index in [9.17, 15) is 0 Å². The largest absolute Gasteiger partial charge is 0.394 e. The second-order valence-corrected chi connectivity index (χ2v) is 8.75. The van der Waals surface area contributed by atoms with Crippen molar-refractivity contribution in [3.63, 3.8) is 0 Å². The molecule has 1 N–H and O–H groups in total. The molecule has 2 rings (SSSR count). The van der Waals surface area contributed by atoms with Crippen molar-refractivity contribution in [3.05, 3.63) is 35.4 Å². The summed E-state index contributed by atoms with van der Waals surface area (Å²) in [5, 5.41) is 17.0. The average molecular weight is 371 g/mol. The van der Waals surface area contributed by atoms with Crippen molar-refractivity contribution in [2.45, 2.75) is 34.2 Å². The molecule has 2 aromatic rings. The van der Waals surface area contributed by atoms with E-state index in [1.165, 1.54) is 11.1 Å². The van der Waals surface area contributed by atoms with Crippen molar-refractivity contribution in [1.29, 1.82) is 0 Å². The topological polar surface area (TPSA) is 55.2 Å². The van der Waals surface area contributed by atoms with Crippen LogP contribution in [0.25, 0.3) is 0 Å². The molecular weight excluding hydrogens is 348 g/mol. The SMILES string of the molecule is CC(C)c1ccc(CSc2nnc(SCCOCCO)s2)cc1. The van der Waals surface area contributed by atoms with Crippen LogP contribution in [0.15, 0.2) is 32.9 Å².